The third-order valence-electron chi connectivity index (χ3n) is 4.56. The summed E-state index contributed by atoms with van der Waals surface area (Å²) >= 11 is 0. The number of hydrogen-bond donors (Lipinski definition) is 0. The molecule has 0 bridgehead atoms. The summed E-state index contributed by atoms with van der Waals surface area (Å²) in [4.78, 5) is 12.4. The van der Waals surface area contributed by atoms with Gasteiger partial charge in [0, 0.05) is 0 Å². The van der Waals surface area contributed by atoms with E-state index in [9.17, 15) is 13.2 Å². The lowest BCUT2D eigenvalue weighted by atomic mass is 9.98. The molecule has 23 heavy (non-hydrogen) atoms. The fourth-order valence-electron chi connectivity index (χ4n) is 3.02. The van der Waals surface area contributed by atoms with Crippen LogP contribution in [-0.4, -0.2) is 24.0 Å². The Morgan fingerprint density at radius 1 is 1.04 bits per heavy atom. The number of Topliss-reactive ketones (excluding diaryl/α,β-unsaturated/α-hetero) is 1. The van der Waals surface area contributed by atoms with Gasteiger partial charge in [-0.05, 0) is 38.5 Å². The first-order chi connectivity index (χ1) is 10.8. The van der Waals surface area contributed by atoms with Gasteiger partial charge in [-0.15, -0.1) is 0 Å². The van der Waals surface area contributed by atoms with E-state index in [4.69, 9.17) is 0 Å². The van der Waals surface area contributed by atoms with Crippen LogP contribution in [0.5, 0.6) is 0 Å². The third kappa shape index (κ3) is 2.40. The Bertz CT molecular complexity index is 844. The summed E-state index contributed by atoms with van der Waals surface area (Å²) in [5.41, 5.74) is 0.801. The van der Waals surface area contributed by atoms with Crippen LogP contribution >= 0.6 is 0 Å². The average molecular weight is 329 g/mol. The molecule has 3 atom stereocenters. The lowest BCUT2D eigenvalue weighted by molar-refractivity contribution is -0.119. The van der Waals surface area contributed by atoms with Crippen LogP contribution in [0.2, 0.25) is 0 Å². The highest BCUT2D eigenvalue weighted by molar-refractivity contribution is 7.89. The largest absolute Gasteiger partial charge is 0.298 e. The summed E-state index contributed by atoms with van der Waals surface area (Å²) in [5.74, 6) is -0.151. The molecule has 0 N–H and O–H groups in total. The Balaban J connectivity index is 2.07. The van der Waals surface area contributed by atoms with E-state index in [0.717, 1.165) is 11.1 Å². The second-order valence-electron chi connectivity index (χ2n) is 6.13. The number of carbonyl (C=O) groups excluding carboxylic acids is 1. The molecule has 3 rings (SSSR count). The van der Waals surface area contributed by atoms with E-state index in [0.29, 0.717) is 0 Å². The van der Waals surface area contributed by atoms with Crippen LogP contribution in [0.4, 0.5) is 0 Å². The van der Waals surface area contributed by atoms with Crippen LogP contribution < -0.4 is 0 Å². The van der Waals surface area contributed by atoms with Gasteiger partial charge in [0.1, 0.15) is 5.54 Å². The highest BCUT2D eigenvalue weighted by Gasteiger charge is 2.69. The summed E-state index contributed by atoms with van der Waals surface area (Å²) in [5, 5.41) is 0. The maximum Gasteiger partial charge on any atom is 0.244 e. The highest BCUT2D eigenvalue weighted by atomic mass is 32.2. The van der Waals surface area contributed by atoms with Crippen molar-refractivity contribution in [2.45, 2.75) is 37.2 Å². The summed E-state index contributed by atoms with van der Waals surface area (Å²) in [7, 11) is -3.72. The lowest BCUT2D eigenvalue weighted by Gasteiger charge is -2.10. The molecule has 1 saturated heterocycles. The number of ketones is 1. The first-order valence-corrected chi connectivity index (χ1v) is 8.91. The number of hydrogen-bond acceptors (Lipinski definition) is 3. The van der Waals surface area contributed by atoms with Crippen molar-refractivity contribution in [3.63, 3.8) is 0 Å². The molecular weight excluding hydrogens is 310 g/mol. The van der Waals surface area contributed by atoms with Crippen LogP contribution in [0.15, 0.2) is 59.5 Å². The van der Waals surface area contributed by atoms with Crippen LogP contribution in [0.1, 0.15) is 31.0 Å². The number of sulfonamides is 1. The van der Waals surface area contributed by atoms with E-state index in [1.165, 1.54) is 11.2 Å². The summed E-state index contributed by atoms with van der Waals surface area (Å²) in [6, 6.07) is 15.5. The normalized spacial score (nSPS) is 26.7. The second-order valence-corrected chi connectivity index (χ2v) is 7.95. The van der Waals surface area contributed by atoms with Crippen molar-refractivity contribution in [3.8, 4) is 0 Å². The average Bonchev–Trinajstić information content (AvgIpc) is 3.17. The minimum atomic E-state index is -3.72. The molecule has 5 heteroatoms. The monoisotopic (exact) mass is 329 g/mol. The number of aryl methyl sites for hydroxylation is 1. The Labute approximate surface area is 136 Å². The zero-order chi connectivity index (χ0) is 16.8. The van der Waals surface area contributed by atoms with E-state index >= 15 is 0 Å². The maximum atomic E-state index is 13.0. The second kappa shape index (κ2) is 5.28. The van der Waals surface area contributed by atoms with Gasteiger partial charge in [-0.1, -0.05) is 48.0 Å². The van der Waals surface area contributed by atoms with Gasteiger partial charge in [0.05, 0.1) is 10.9 Å². The molecule has 4 nitrogen and oxygen atoms in total. The van der Waals surface area contributed by atoms with E-state index < -0.39 is 21.6 Å². The van der Waals surface area contributed by atoms with Crippen molar-refractivity contribution in [2.75, 3.05) is 0 Å². The number of carbonyl (C=O) groups is 1. The fraction of sp³-hybridized carbons (Fsp3) is 0.278. The SMILES string of the molecule is CC(=O)C1(C)C(c2ccccc2)N1S(=O)(=O)c1ccc(C)cc1. The van der Waals surface area contributed by atoms with Gasteiger partial charge in [0.25, 0.3) is 0 Å². The molecule has 0 aliphatic carbocycles. The standard InChI is InChI=1S/C18H19NO3S/c1-13-9-11-16(12-10-13)23(21,22)19-17(18(19,3)14(2)20)15-7-5-4-6-8-15/h4-12,17H,1-3H3. The van der Waals surface area contributed by atoms with E-state index in [1.807, 2.05) is 37.3 Å². The predicted molar refractivity (Wildman–Crippen MR) is 88.5 cm³/mol. The van der Waals surface area contributed by atoms with Crippen LogP contribution in [0.3, 0.4) is 0 Å². The molecule has 0 aromatic heterocycles. The zero-order valence-electron chi connectivity index (χ0n) is 13.4. The first-order valence-electron chi connectivity index (χ1n) is 7.47. The van der Waals surface area contributed by atoms with E-state index in [1.54, 1.807) is 31.2 Å². The third-order valence-corrected chi connectivity index (χ3v) is 6.54. The summed E-state index contributed by atoms with van der Waals surface area (Å²) in [6.07, 6.45) is 0. The smallest absolute Gasteiger partial charge is 0.244 e. The van der Waals surface area contributed by atoms with Gasteiger partial charge in [0.2, 0.25) is 10.0 Å². The number of benzene rings is 2. The minimum Gasteiger partial charge on any atom is -0.298 e. The van der Waals surface area contributed by atoms with E-state index in [2.05, 4.69) is 0 Å². The zero-order valence-corrected chi connectivity index (χ0v) is 14.2. The predicted octanol–water partition coefficient (Wildman–Crippen LogP) is 3.09. The van der Waals surface area contributed by atoms with E-state index in [-0.39, 0.29) is 10.7 Å². The summed E-state index contributed by atoms with van der Waals surface area (Å²) < 4.78 is 27.3. The van der Waals surface area contributed by atoms with Gasteiger partial charge in [-0.25, -0.2) is 8.42 Å². The Morgan fingerprint density at radius 2 is 1.61 bits per heavy atom. The van der Waals surface area contributed by atoms with Gasteiger partial charge in [0.15, 0.2) is 5.78 Å². The van der Waals surface area contributed by atoms with Crippen LogP contribution in [0, 0.1) is 6.92 Å². The molecule has 2 aromatic rings. The molecule has 2 aromatic carbocycles. The van der Waals surface area contributed by atoms with Gasteiger partial charge in [-0.3, -0.25) is 4.79 Å². The quantitative estimate of drug-likeness (QED) is 0.810. The highest BCUT2D eigenvalue weighted by Crippen LogP contribution is 2.56. The number of rotatable bonds is 4. The molecule has 1 aliphatic heterocycles. The molecular formula is C18H19NO3S. The molecule has 1 fully saturated rings. The van der Waals surface area contributed by atoms with Crippen molar-refractivity contribution < 1.29 is 13.2 Å². The Hall–Kier alpha value is -1.98. The number of nitrogens with zero attached hydrogens (tertiary/aromatic N) is 1. The molecule has 0 radical (unpaired) electrons. The Kier molecular flexibility index (Phi) is 3.65. The van der Waals surface area contributed by atoms with Crippen LogP contribution in [-0.2, 0) is 14.8 Å². The van der Waals surface area contributed by atoms with Crippen molar-refractivity contribution in [2.24, 2.45) is 0 Å². The lowest BCUT2D eigenvalue weighted by Crippen LogP contribution is -2.27. The first kappa shape index (κ1) is 15.9. The fourth-order valence-corrected chi connectivity index (χ4v) is 5.01. The van der Waals surface area contributed by atoms with Crippen LogP contribution in [0.25, 0.3) is 0 Å². The molecule has 3 unspecified atom stereocenters. The summed E-state index contributed by atoms with van der Waals surface area (Å²) in [6.45, 7) is 5.04. The molecule has 0 saturated carbocycles. The van der Waals surface area contributed by atoms with Crippen molar-refractivity contribution >= 4 is 15.8 Å². The maximum absolute atomic E-state index is 13.0. The topological polar surface area (TPSA) is 54.2 Å². The molecule has 0 spiro atoms. The van der Waals surface area contributed by atoms with Crippen molar-refractivity contribution in [1.29, 1.82) is 0 Å². The van der Waals surface area contributed by atoms with Gasteiger partial charge < -0.3 is 0 Å². The molecule has 1 heterocycles. The van der Waals surface area contributed by atoms with Crippen molar-refractivity contribution in [3.05, 3.63) is 65.7 Å². The minimum absolute atomic E-state index is 0.151. The molecule has 120 valence electrons. The van der Waals surface area contributed by atoms with Gasteiger partial charge in [-0.2, -0.15) is 4.31 Å². The molecule has 1 aliphatic rings. The Morgan fingerprint density at radius 3 is 2.13 bits per heavy atom. The molecule has 0 amide bonds. The van der Waals surface area contributed by atoms with Crippen molar-refractivity contribution in [1.82, 2.24) is 4.31 Å². The van der Waals surface area contributed by atoms with Gasteiger partial charge >= 0.3 is 0 Å².